The standard InChI is InChI=1S/C16H14Cl2F3N3O/c17-10-3-4-12(11(18)7-10)22-15(25)5-6-24-13(9-1-2-9)8-14(23-24)16(19,20)21/h3-4,7-9H,1-2,5-6H2,(H,22,25). The van der Waals surface area contributed by atoms with Gasteiger partial charge in [-0.15, -0.1) is 0 Å². The van der Waals surface area contributed by atoms with Crippen molar-refractivity contribution in [2.24, 2.45) is 0 Å². The van der Waals surface area contributed by atoms with E-state index in [2.05, 4.69) is 10.4 Å². The number of nitrogens with zero attached hydrogens (tertiary/aromatic N) is 2. The fourth-order valence-corrected chi connectivity index (χ4v) is 2.92. The van der Waals surface area contributed by atoms with Crippen LogP contribution in [0.1, 0.15) is 36.6 Å². The largest absolute Gasteiger partial charge is 0.435 e. The van der Waals surface area contributed by atoms with Crippen LogP contribution >= 0.6 is 23.2 Å². The number of amides is 1. The lowest BCUT2D eigenvalue weighted by Gasteiger charge is -2.09. The van der Waals surface area contributed by atoms with E-state index in [0.717, 1.165) is 18.9 Å². The van der Waals surface area contributed by atoms with Crippen LogP contribution in [0, 0.1) is 0 Å². The number of nitrogens with one attached hydrogen (secondary N) is 1. The smallest absolute Gasteiger partial charge is 0.325 e. The molecule has 134 valence electrons. The second-order valence-electron chi connectivity index (χ2n) is 5.87. The number of hydrogen-bond donors (Lipinski definition) is 1. The molecule has 0 saturated heterocycles. The number of hydrogen-bond acceptors (Lipinski definition) is 2. The number of anilines is 1. The molecule has 2 aromatic rings. The highest BCUT2D eigenvalue weighted by Gasteiger charge is 2.37. The first-order chi connectivity index (χ1) is 11.7. The van der Waals surface area contributed by atoms with Crippen LogP contribution in [-0.2, 0) is 17.5 Å². The maximum atomic E-state index is 12.8. The summed E-state index contributed by atoms with van der Waals surface area (Å²) >= 11 is 11.8. The average Bonchev–Trinajstić information content (AvgIpc) is 3.26. The number of aromatic nitrogens is 2. The van der Waals surface area contributed by atoms with E-state index in [9.17, 15) is 18.0 Å². The summed E-state index contributed by atoms with van der Waals surface area (Å²) in [5.74, 6) is -0.271. The Morgan fingerprint density at radius 3 is 2.60 bits per heavy atom. The summed E-state index contributed by atoms with van der Waals surface area (Å²) in [6.45, 7) is 0.0684. The highest BCUT2D eigenvalue weighted by Crippen LogP contribution is 2.42. The van der Waals surface area contributed by atoms with E-state index in [1.54, 1.807) is 12.1 Å². The van der Waals surface area contributed by atoms with Gasteiger partial charge >= 0.3 is 6.18 Å². The number of rotatable bonds is 5. The maximum absolute atomic E-state index is 12.8. The Hall–Kier alpha value is -1.73. The molecule has 1 aliphatic carbocycles. The van der Waals surface area contributed by atoms with Gasteiger partial charge in [0.1, 0.15) is 0 Å². The van der Waals surface area contributed by atoms with E-state index in [1.165, 1.54) is 10.7 Å². The van der Waals surface area contributed by atoms with E-state index < -0.39 is 11.9 Å². The van der Waals surface area contributed by atoms with E-state index in [4.69, 9.17) is 23.2 Å². The summed E-state index contributed by atoms with van der Waals surface area (Å²) < 4.78 is 39.8. The third-order valence-corrected chi connectivity index (χ3v) is 4.40. The van der Waals surface area contributed by atoms with Crippen molar-refractivity contribution in [1.82, 2.24) is 9.78 Å². The van der Waals surface area contributed by atoms with Gasteiger partial charge in [-0.25, -0.2) is 0 Å². The first-order valence-corrected chi connectivity index (χ1v) is 8.39. The molecule has 25 heavy (non-hydrogen) atoms. The fourth-order valence-electron chi connectivity index (χ4n) is 2.47. The van der Waals surface area contributed by atoms with Crippen molar-refractivity contribution >= 4 is 34.8 Å². The van der Waals surface area contributed by atoms with Crippen LogP contribution in [0.2, 0.25) is 10.0 Å². The summed E-state index contributed by atoms with van der Waals surface area (Å²) in [4.78, 5) is 12.1. The van der Waals surface area contributed by atoms with Crippen molar-refractivity contribution in [1.29, 1.82) is 0 Å². The lowest BCUT2D eigenvalue weighted by Crippen LogP contribution is -2.16. The lowest BCUT2D eigenvalue weighted by atomic mass is 10.2. The molecule has 3 rings (SSSR count). The first kappa shape index (κ1) is 18.1. The third-order valence-electron chi connectivity index (χ3n) is 3.85. The van der Waals surface area contributed by atoms with Crippen molar-refractivity contribution in [3.05, 3.63) is 45.7 Å². The van der Waals surface area contributed by atoms with Gasteiger partial charge in [0.05, 0.1) is 10.7 Å². The Kier molecular flexibility index (Phi) is 4.97. The van der Waals surface area contributed by atoms with Crippen LogP contribution in [0.5, 0.6) is 0 Å². The van der Waals surface area contributed by atoms with Gasteiger partial charge < -0.3 is 5.32 Å². The molecule has 4 nitrogen and oxygen atoms in total. The molecule has 1 fully saturated rings. The van der Waals surface area contributed by atoms with Crippen molar-refractivity contribution in [2.45, 2.75) is 37.9 Å². The number of alkyl halides is 3. The molecular weight excluding hydrogens is 378 g/mol. The molecule has 1 aliphatic rings. The van der Waals surface area contributed by atoms with Crippen LogP contribution in [0.25, 0.3) is 0 Å². The highest BCUT2D eigenvalue weighted by molar-refractivity contribution is 6.36. The second kappa shape index (κ2) is 6.88. The van der Waals surface area contributed by atoms with Crippen LogP contribution in [0.15, 0.2) is 24.3 Å². The SMILES string of the molecule is O=C(CCn1nc(C(F)(F)F)cc1C1CC1)Nc1ccc(Cl)cc1Cl. The Balaban J connectivity index is 1.66. The summed E-state index contributed by atoms with van der Waals surface area (Å²) in [5.41, 5.74) is 0.00938. The first-order valence-electron chi connectivity index (χ1n) is 7.64. The minimum Gasteiger partial charge on any atom is -0.325 e. The van der Waals surface area contributed by atoms with E-state index in [0.29, 0.717) is 16.4 Å². The third kappa shape index (κ3) is 4.46. The van der Waals surface area contributed by atoms with Gasteiger partial charge in [-0.1, -0.05) is 23.2 Å². The number of benzene rings is 1. The van der Waals surface area contributed by atoms with Crippen LogP contribution in [0.4, 0.5) is 18.9 Å². The van der Waals surface area contributed by atoms with E-state index in [1.807, 2.05) is 0 Å². The molecule has 1 heterocycles. The molecule has 1 aromatic carbocycles. The fraction of sp³-hybridized carbons (Fsp3) is 0.375. The van der Waals surface area contributed by atoms with E-state index in [-0.39, 0.29) is 29.8 Å². The van der Waals surface area contributed by atoms with Crippen molar-refractivity contribution in [2.75, 3.05) is 5.32 Å². The van der Waals surface area contributed by atoms with Crippen LogP contribution < -0.4 is 5.32 Å². The molecule has 0 radical (unpaired) electrons. The highest BCUT2D eigenvalue weighted by atomic mass is 35.5. The average molecular weight is 392 g/mol. The molecular formula is C16H14Cl2F3N3O. The molecule has 1 saturated carbocycles. The number of halogens is 5. The molecule has 0 unspecified atom stereocenters. The molecule has 9 heteroatoms. The van der Waals surface area contributed by atoms with Gasteiger partial charge in [0.25, 0.3) is 0 Å². The summed E-state index contributed by atoms with van der Waals surface area (Å²) in [6.07, 6.45) is -2.82. The monoisotopic (exact) mass is 391 g/mol. The van der Waals surface area contributed by atoms with Crippen LogP contribution in [-0.4, -0.2) is 15.7 Å². The molecule has 0 atom stereocenters. The molecule has 1 N–H and O–H groups in total. The number of aryl methyl sites for hydroxylation is 1. The van der Waals surface area contributed by atoms with Gasteiger partial charge in [0.2, 0.25) is 5.91 Å². The van der Waals surface area contributed by atoms with Gasteiger partial charge in [0, 0.05) is 29.6 Å². The van der Waals surface area contributed by atoms with Crippen molar-refractivity contribution < 1.29 is 18.0 Å². The normalized spacial score (nSPS) is 14.6. The predicted molar refractivity (Wildman–Crippen MR) is 88.9 cm³/mol. The maximum Gasteiger partial charge on any atom is 0.435 e. The molecule has 0 bridgehead atoms. The summed E-state index contributed by atoms with van der Waals surface area (Å²) in [6, 6.07) is 5.71. The zero-order chi connectivity index (χ0) is 18.2. The van der Waals surface area contributed by atoms with E-state index >= 15 is 0 Å². The van der Waals surface area contributed by atoms with Gasteiger partial charge in [-0.05, 0) is 37.1 Å². The van der Waals surface area contributed by atoms with Crippen LogP contribution in [0.3, 0.4) is 0 Å². The molecule has 1 aromatic heterocycles. The van der Waals surface area contributed by atoms with Gasteiger partial charge in [-0.3, -0.25) is 9.48 Å². The van der Waals surface area contributed by atoms with Gasteiger partial charge in [-0.2, -0.15) is 18.3 Å². The minimum absolute atomic E-state index is 0.0162. The predicted octanol–water partition coefficient (Wildman–Crippen LogP) is 5.11. The minimum atomic E-state index is -4.49. The Morgan fingerprint density at radius 1 is 1.28 bits per heavy atom. The number of carbonyl (C=O) groups excluding carboxylic acids is 1. The molecule has 1 amide bonds. The second-order valence-corrected chi connectivity index (χ2v) is 6.72. The number of carbonyl (C=O) groups is 1. The summed E-state index contributed by atoms with van der Waals surface area (Å²) in [5, 5.41) is 6.96. The Labute approximate surface area is 151 Å². The quantitative estimate of drug-likeness (QED) is 0.768. The Morgan fingerprint density at radius 2 is 2.00 bits per heavy atom. The lowest BCUT2D eigenvalue weighted by molar-refractivity contribution is -0.141. The van der Waals surface area contributed by atoms with Crippen molar-refractivity contribution in [3.8, 4) is 0 Å². The zero-order valence-electron chi connectivity index (χ0n) is 12.9. The zero-order valence-corrected chi connectivity index (χ0v) is 14.4. The molecule has 0 spiro atoms. The van der Waals surface area contributed by atoms with Crippen molar-refractivity contribution in [3.63, 3.8) is 0 Å². The topological polar surface area (TPSA) is 46.9 Å². The van der Waals surface area contributed by atoms with Gasteiger partial charge in [0.15, 0.2) is 5.69 Å². The molecule has 0 aliphatic heterocycles. The Bertz CT molecular complexity index is 800. The summed E-state index contributed by atoms with van der Waals surface area (Å²) in [7, 11) is 0.